The third-order valence-electron chi connectivity index (χ3n) is 6.80. The summed E-state index contributed by atoms with van der Waals surface area (Å²) in [5, 5.41) is 2.81. The zero-order valence-electron chi connectivity index (χ0n) is 22.8. The molecule has 42 heavy (non-hydrogen) atoms. The van der Waals surface area contributed by atoms with Crippen molar-refractivity contribution in [3.8, 4) is 28.3 Å². The van der Waals surface area contributed by atoms with Crippen LogP contribution >= 0.6 is 0 Å². The molecule has 0 saturated carbocycles. The number of nitrogen functional groups attached to an aromatic ring is 1. The highest BCUT2D eigenvalue weighted by Crippen LogP contribution is 2.31. The number of carbonyl (C=O) groups is 2. The van der Waals surface area contributed by atoms with Gasteiger partial charge in [0.25, 0.3) is 5.91 Å². The number of ether oxygens (including phenoxy) is 1. The predicted octanol–water partition coefficient (Wildman–Crippen LogP) is 5.47. The molecule has 10 heteroatoms. The zero-order valence-corrected chi connectivity index (χ0v) is 22.8. The number of pyridine rings is 3. The van der Waals surface area contributed by atoms with Gasteiger partial charge in [-0.05, 0) is 67.1 Å². The lowest BCUT2D eigenvalue weighted by Crippen LogP contribution is -2.14. The maximum atomic E-state index is 12.9. The summed E-state index contributed by atoms with van der Waals surface area (Å²) >= 11 is 0. The Morgan fingerprint density at radius 1 is 0.905 bits per heavy atom. The van der Waals surface area contributed by atoms with Gasteiger partial charge in [-0.15, -0.1) is 0 Å². The molecule has 0 spiro atoms. The molecule has 6 aromatic rings. The number of anilines is 2. The highest BCUT2D eigenvalue weighted by molar-refractivity contribution is 6.04. The maximum absolute atomic E-state index is 12.9. The van der Waals surface area contributed by atoms with Gasteiger partial charge in [0.1, 0.15) is 17.2 Å². The van der Waals surface area contributed by atoms with E-state index < -0.39 is 5.97 Å². The number of hydrogen-bond donors (Lipinski definition) is 2. The number of hydrogen-bond acceptors (Lipinski definition) is 8. The summed E-state index contributed by atoms with van der Waals surface area (Å²) in [6, 6.07) is 25.7. The number of methoxy groups -OCH3 is 1. The lowest BCUT2D eigenvalue weighted by Gasteiger charge is -2.12. The number of amides is 1. The number of esters is 1. The van der Waals surface area contributed by atoms with Gasteiger partial charge in [-0.2, -0.15) is 0 Å². The molecule has 4 heterocycles. The van der Waals surface area contributed by atoms with Crippen molar-refractivity contribution in [3.05, 3.63) is 114 Å². The molecule has 0 aliphatic heterocycles. The molecule has 0 aliphatic rings. The SMILES string of the molecule is COC(=O)c1ccc(C(=O)Nc2ccc(-n3c(-c4cccnc4N)nc4ccc(-c5ccccc5)nc43)cn2)cc1C. The highest BCUT2D eigenvalue weighted by atomic mass is 16.5. The molecule has 4 aromatic heterocycles. The van der Waals surface area contributed by atoms with Crippen molar-refractivity contribution >= 4 is 34.7 Å². The van der Waals surface area contributed by atoms with Gasteiger partial charge in [0, 0.05) is 17.3 Å². The zero-order chi connectivity index (χ0) is 29.2. The van der Waals surface area contributed by atoms with Gasteiger partial charge in [-0.25, -0.2) is 24.7 Å². The van der Waals surface area contributed by atoms with Crippen molar-refractivity contribution in [2.24, 2.45) is 0 Å². The highest BCUT2D eigenvalue weighted by Gasteiger charge is 2.19. The van der Waals surface area contributed by atoms with E-state index in [4.69, 9.17) is 20.4 Å². The molecule has 2 aromatic carbocycles. The van der Waals surface area contributed by atoms with E-state index in [0.717, 1.165) is 11.3 Å². The largest absolute Gasteiger partial charge is 0.465 e. The summed E-state index contributed by atoms with van der Waals surface area (Å²) in [7, 11) is 1.32. The number of nitrogens with zero attached hydrogens (tertiary/aromatic N) is 5. The monoisotopic (exact) mass is 555 g/mol. The second-order valence-electron chi connectivity index (χ2n) is 9.49. The fourth-order valence-electron chi connectivity index (χ4n) is 4.68. The molecule has 0 saturated heterocycles. The van der Waals surface area contributed by atoms with Crippen LogP contribution in [0, 0.1) is 6.92 Å². The van der Waals surface area contributed by atoms with E-state index in [1.807, 2.05) is 59.2 Å². The predicted molar refractivity (Wildman–Crippen MR) is 160 cm³/mol. The van der Waals surface area contributed by atoms with E-state index in [9.17, 15) is 9.59 Å². The van der Waals surface area contributed by atoms with Crippen LogP contribution in [-0.2, 0) is 4.74 Å². The number of imidazole rings is 1. The Morgan fingerprint density at radius 3 is 2.45 bits per heavy atom. The normalized spacial score (nSPS) is 10.9. The molecule has 0 aliphatic carbocycles. The van der Waals surface area contributed by atoms with Crippen LogP contribution in [0.15, 0.2) is 97.3 Å². The Labute approximate surface area is 240 Å². The van der Waals surface area contributed by atoms with E-state index in [0.29, 0.717) is 56.6 Å². The molecule has 0 atom stereocenters. The number of nitrogens with one attached hydrogen (secondary N) is 1. The molecule has 0 bridgehead atoms. The van der Waals surface area contributed by atoms with Crippen molar-refractivity contribution < 1.29 is 14.3 Å². The van der Waals surface area contributed by atoms with E-state index in [1.54, 1.807) is 49.6 Å². The Hall–Kier alpha value is -5.90. The van der Waals surface area contributed by atoms with E-state index in [1.165, 1.54) is 7.11 Å². The van der Waals surface area contributed by atoms with Crippen LogP contribution < -0.4 is 11.1 Å². The van der Waals surface area contributed by atoms with Crippen LogP contribution in [-0.4, -0.2) is 43.5 Å². The third kappa shape index (κ3) is 4.92. The molecule has 0 radical (unpaired) electrons. The van der Waals surface area contributed by atoms with E-state index >= 15 is 0 Å². The van der Waals surface area contributed by atoms with Crippen molar-refractivity contribution in [1.82, 2.24) is 24.5 Å². The minimum atomic E-state index is -0.457. The molecule has 3 N–H and O–H groups in total. The first-order valence-electron chi connectivity index (χ1n) is 13.1. The second-order valence-corrected chi connectivity index (χ2v) is 9.49. The van der Waals surface area contributed by atoms with Gasteiger partial charge in [0.15, 0.2) is 11.5 Å². The topological polar surface area (TPSA) is 138 Å². The number of rotatable bonds is 6. The number of fused-ring (bicyclic) bond motifs is 1. The van der Waals surface area contributed by atoms with Gasteiger partial charge < -0.3 is 15.8 Å². The number of nitrogens with two attached hydrogens (primary N) is 1. The fraction of sp³-hybridized carbons (Fsp3) is 0.0625. The van der Waals surface area contributed by atoms with Crippen molar-refractivity contribution in [1.29, 1.82) is 0 Å². The number of aryl methyl sites for hydroxylation is 1. The van der Waals surface area contributed by atoms with Crippen LogP contribution in [0.1, 0.15) is 26.3 Å². The number of benzene rings is 2. The number of aromatic nitrogens is 5. The van der Waals surface area contributed by atoms with E-state index in [-0.39, 0.29) is 5.91 Å². The van der Waals surface area contributed by atoms with Gasteiger partial charge in [0.2, 0.25) is 0 Å². The van der Waals surface area contributed by atoms with Gasteiger partial charge in [-0.1, -0.05) is 30.3 Å². The van der Waals surface area contributed by atoms with Crippen molar-refractivity contribution in [3.63, 3.8) is 0 Å². The van der Waals surface area contributed by atoms with Crippen molar-refractivity contribution in [2.45, 2.75) is 6.92 Å². The lowest BCUT2D eigenvalue weighted by molar-refractivity contribution is 0.0599. The Morgan fingerprint density at radius 2 is 1.74 bits per heavy atom. The smallest absolute Gasteiger partial charge is 0.338 e. The van der Waals surface area contributed by atoms with Crippen LogP contribution in [0.4, 0.5) is 11.6 Å². The molecular formula is C32H25N7O3. The minimum absolute atomic E-state index is 0.336. The summed E-state index contributed by atoms with van der Waals surface area (Å²) in [6.45, 7) is 1.75. The van der Waals surface area contributed by atoms with E-state index in [2.05, 4.69) is 15.3 Å². The Bertz CT molecular complexity index is 1950. The average molecular weight is 556 g/mol. The molecule has 206 valence electrons. The molecule has 0 fully saturated rings. The van der Waals surface area contributed by atoms with Crippen LogP contribution in [0.25, 0.3) is 39.5 Å². The van der Waals surface area contributed by atoms with Crippen molar-refractivity contribution in [2.75, 3.05) is 18.2 Å². The fourth-order valence-corrected chi connectivity index (χ4v) is 4.68. The van der Waals surface area contributed by atoms with Crippen LogP contribution in [0.5, 0.6) is 0 Å². The van der Waals surface area contributed by atoms with Gasteiger partial charge >= 0.3 is 5.97 Å². The first kappa shape index (κ1) is 26.3. The summed E-state index contributed by atoms with van der Waals surface area (Å²) in [5.41, 5.74) is 12.1. The summed E-state index contributed by atoms with van der Waals surface area (Å²) in [4.78, 5) is 43.4. The first-order valence-corrected chi connectivity index (χ1v) is 13.1. The standard InChI is InChI=1S/C32H25N7O3/c1-19-17-21(10-12-23(19)32(41)42-2)31(40)38-27-15-11-22(18-35-27)39-29(24-9-6-16-34-28(24)33)37-26-14-13-25(36-30(26)39)20-7-4-3-5-8-20/h3-18H,1-2H3,(H2,33,34)(H,35,38,40). The Kier molecular flexibility index (Phi) is 6.85. The minimum Gasteiger partial charge on any atom is -0.465 e. The molecule has 10 nitrogen and oxygen atoms in total. The first-order chi connectivity index (χ1) is 20.4. The Balaban J connectivity index is 1.37. The molecular weight excluding hydrogens is 530 g/mol. The third-order valence-corrected chi connectivity index (χ3v) is 6.80. The average Bonchev–Trinajstić information content (AvgIpc) is 3.40. The maximum Gasteiger partial charge on any atom is 0.338 e. The lowest BCUT2D eigenvalue weighted by atomic mass is 10.0. The molecule has 0 unspecified atom stereocenters. The summed E-state index contributed by atoms with van der Waals surface area (Å²) in [5.74, 6) is 0.432. The molecule has 6 rings (SSSR count). The van der Waals surface area contributed by atoms with Gasteiger partial charge in [0.05, 0.1) is 35.8 Å². The quantitative estimate of drug-likeness (QED) is 0.258. The second kappa shape index (κ2) is 10.9. The van der Waals surface area contributed by atoms with Gasteiger partial charge in [-0.3, -0.25) is 9.36 Å². The van der Waals surface area contributed by atoms with Crippen LogP contribution in [0.3, 0.4) is 0 Å². The number of carbonyl (C=O) groups excluding carboxylic acids is 2. The van der Waals surface area contributed by atoms with Crippen LogP contribution in [0.2, 0.25) is 0 Å². The summed E-state index contributed by atoms with van der Waals surface area (Å²) < 4.78 is 6.66. The molecule has 1 amide bonds. The summed E-state index contributed by atoms with van der Waals surface area (Å²) in [6.07, 6.45) is 3.26.